The van der Waals surface area contributed by atoms with Crippen molar-refractivity contribution in [3.05, 3.63) is 23.5 Å². The van der Waals surface area contributed by atoms with E-state index in [1.165, 1.54) is 44.1 Å². The highest BCUT2D eigenvalue weighted by molar-refractivity contribution is 5.97. The average Bonchev–Trinajstić information content (AvgIpc) is 2.76. The standard InChI is InChI=1S/C29H42O3/c1-18-7-9-25(3)11-13-27(5)21-8-10-29(17-30)19(2)24(32)20(31)16-23(29)26(21,4)12-14-28(27,6)22(25)15-18/h17,21-23,32H,1,7-16H2,2-6H3. The second-order valence-electron chi connectivity index (χ2n) is 13.4. The molecule has 0 aromatic rings. The summed E-state index contributed by atoms with van der Waals surface area (Å²) in [6.45, 7) is 16.3. The fourth-order valence-corrected chi connectivity index (χ4v) is 10.3. The Kier molecular flexibility index (Phi) is 4.62. The summed E-state index contributed by atoms with van der Waals surface area (Å²) in [5.41, 5.74) is 2.23. The van der Waals surface area contributed by atoms with Crippen molar-refractivity contribution in [2.75, 3.05) is 0 Å². The third-order valence-corrected chi connectivity index (χ3v) is 12.6. The fraction of sp³-hybridized carbons (Fsp3) is 0.793. The molecule has 32 heavy (non-hydrogen) atoms. The van der Waals surface area contributed by atoms with Crippen molar-refractivity contribution < 1.29 is 14.7 Å². The third kappa shape index (κ3) is 2.44. The van der Waals surface area contributed by atoms with Crippen molar-refractivity contribution in [2.45, 2.75) is 98.8 Å². The molecule has 0 bridgehead atoms. The minimum Gasteiger partial charge on any atom is -0.504 e. The number of carbonyl (C=O) groups excluding carboxylic acids is 2. The maximum Gasteiger partial charge on any atom is 0.197 e. The molecule has 8 unspecified atom stereocenters. The molecule has 0 aromatic heterocycles. The molecule has 0 amide bonds. The summed E-state index contributed by atoms with van der Waals surface area (Å²) < 4.78 is 0. The lowest BCUT2D eigenvalue weighted by Crippen LogP contribution is -2.67. The van der Waals surface area contributed by atoms with Crippen molar-refractivity contribution >= 4 is 12.1 Å². The van der Waals surface area contributed by atoms with E-state index in [4.69, 9.17) is 0 Å². The topological polar surface area (TPSA) is 54.4 Å². The number of hydrogen-bond acceptors (Lipinski definition) is 3. The van der Waals surface area contributed by atoms with E-state index in [1.807, 2.05) is 6.92 Å². The molecular weight excluding hydrogens is 396 g/mol. The summed E-state index contributed by atoms with van der Waals surface area (Å²) in [6.07, 6.45) is 11.6. The van der Waals surface area contributed by atoms with Crippen LogP contribution in [0.5, 0.6) is 0 Å². The van der Waals surface area contributed by atoms with Crippen LogP contribution in [-0.2, 0) is 9.59 Å². The molecule has 3 heteroatoms. The van der Waals surface area contributed by atoms with Crippen molar-refractivity contribution in [2.24, 2.45) is 44.8 Å². The van der Waals surface area contributed by atoms with Crippen molar-refractivity contribution in [1.29, 1.82) is 0 Å². The van der Waals surface area contributed by atoms with Crippen molar-refractivity contribution in [3.63, 3.8) is 0 Å². The Bertz CT molecular complexity index is 931. The van der Waals surface area contributed by atoms with Crippen molar-refractivity contribution in [3.8, 4) is 0 Å². The van der Waals surface area contributed by atoms with E-state index in [-0.39, 0.29) is 33.7 Å². The van der Waals surface area contributed by atoms with Gasteiger partial charge in [-0.05, 0) is 110 Å². The maximum absolute atomic E-state index is 12.8. The summed E-state index contributed by atoms with van der Waals surface area (Å²) in [7, 11) is 0. The number of carbonyl (C=O) groups is 2. The predicted molar refractivity (Wildman–Crippen MR) is 127 cm³/mol. The summed E-state index contributed by atoms with van der Waals surface area (Å²) in [5, 5.41) is 10.5. The van der Waals surface area contributed by atoms with Crippen molar-refractivity contribution in [1.82, 2.24) is 0 Å². The molecule has 5 aliphatic carbocycles. The van der Waals surface area contributed by atoms with E-state index in [0.717, 1.165) is 25.5 Å². The third-order valence-electron chi connectivity index (χ3n) is 12.6. The average molecular weight is 439 g/mol. The first-order valence-electron chi connectivity index (χ1n) is 12.9. The molecule has 4 saturated carbocycles. The number of aliphatic hydroxyl groups excluding tert-OH is 1. The molecule has 3 nitrogen and oxygen atoms in total. The molecule has 0 radical (unpaired) electrons. The van der Waals surface area contributed by atoms with Gasteiger partial charge in [0, 0.05) is 6.42 Å². The van der Waals surface area contributed by atoms with E-state index >= 15 is 0 Å². The van der Waals surface area contributed by atoms with Crippen LogP contribution in [0.15, 0.2) is 23.5 Å². The Morgan fingerprint density at radius 1 is 0.906 bits per heavy atom. The minimum absolute atomic E-state index is 0.00524. The van der Waals surface area contributed by atoms with Gasteiger partial charge in [0.15, 0.2) is 11.5 Å². The zero-order chi connectivity index (χ0) is 23.3. The summed E-state index contributed by atoms with van der Waals surface area (Å²) >= 11 is 0. The van der Waals surface area contributed by atoms with Gasteiger partial charge in [-0.15, -0.1) is 0 Å². The summed E-state index contributed by atoms with van der Waals surface area (Å²) in [4.78, 5) is 25.4. The molecule has 0 saturated heterocycles. The van der Waals surface area contributed by atoms with E-state index in [1.54, 1.807) is 0 Å². The Labute approximate surface area is 194 Å². The van der Waals surface area contributed by atoms with Gasteiger partial charge < -0.3 is 9.90 Å². The lowest BCUT2D eigenvalue weighted by atomic mass is 9.31. The lowest BCUT2D eigenvalue weighted by Gasteiger charge is -2.73. The van der Waals surface area contributed by atoms with E-state index < -0.39 is 5.41 Å². The highest BCUT2D eigenvalue weighted by atomic mass is 16.3. The van der Waals surface area contributed by atoms with Gasteiger partial charge in [-0.1, -0.05) is 39.8 Å². The second-order valence-corrected chi connectivity index (χ2v) is 13.4. The maximum atomic E-state index is 12.8. The van der Waals surface area contributed by atoms with Crippen LogP contribution < -0.4 is 0 Å². The van der Waals surface area contributed by atoms with Crippen LogP contribution >= 0.6 is 0 Å². The Balaban J connectivity index is 1.60. The number of aliphatic hydroxyl groups is 1. The Morgan fingerprint density at radius 2 is 1.56 bits per heavy atom. The number of fused-ring (bicyclic) bond motifs is 7. The molecule has 0 aliphatic heterocycles. The highest BCUT2D eigenvalue weighted by Gasteiger charge is 2.71. The van der Waals surface area contributed by atoms with Crippen LogP contribution in [0.2, 0.25) is 0 Å². The molecule has 8 atom stereocenters. The van der Waals surface area contributed by atoms with Gasteiger partial charge in [0.2, 0.25) is 0 Å². The summed E-state index contributed by atoms with van der Waals surface area (Å²) in [5.74, 6) is 0.885. The molecule has 1 N–H and O–H groups in total. The van der Waals surface area contributed by atoms with Gasteiger partial charge in [-0.2, -0.15) is 0 Å². The minimum atomic E-state index is -0.671. The number of ketones is 1. The molecule has 176 valence electrons. The van der Waals surface area contributed by atoms with Gasteiger partial charge >= 0.3 is 0 Å². The molecule has 0 aromatic carbocycles. The number of rotatable bonds is 1. The largest absolute Gasteiger partial charge is 0.504 e. The number of allylic oxidation sites excluding steroid dienone is 3. The van der Waals surface area contributed by atoms with E-state index in [2.05, 4.69) is 34.3 Å². The first-order chi connectivity index (χ1) is 14.9. The van der Waals surface area contributed by atoms with Crippen LogP contribution in [0.25, 0.3) is 0 Å². The Hall–Kier alpha value is -1.38. The second kappa shape index (κ2) is 6.60. The van der Waals surface area contributed by atoms with Crippen LogP contribution in [0.3, 0.4) is 0 Å². The van der Waals surface area contributed by atoms with Crippen LogP contribution in [0.1, 0.15) is 98.8 Å². The van der Waals surface area contributed by atoms with Gasteiger partial charge in [0.1, 0.15) is 6.29 Å². The van der Waals surface area contributed by atoms with E-state index in [0.29, 0.717) is 29.2 Å². The quantitative estimate of drug-likeness (QED) is 0.355. The van der Waals surface area contributed by atoms with Gasteiger partial charge in [0.05, 0.1) is 5.41 Å². The predicted octanol–water partition coefficient (Wildman–Crippen LogP) is 6.97. The van der Waals surface area contributed by atoms with Gasteiger partial charge in [0.25, 0.3) is 0 Å². The monoisotopic (exact) mass is 438 g/mol. The SMILES string of the molecule is C=C1CCC2(C)CCC3(C)C4CCC5(C=O)C(C)=C(O)C(=O)CC5C4(C)CCC3(C)C2C1. The first kappa shape index (κ1) is 22.4. The van der Waals surface area contributed by atoms with E-state index in [9.17, 15) is 14.7 Å². The van der Waals surface area contributed by atoms with Crippen LogP contribution in [-0.4, -0.2) is 17.2 Å². The Morgan fingerprint density at radius 3 is 2.25 bits per heavy atom. The molecule has 4 fully saturated rings. The van der Waals surface area contributed by atoms with Gasteiger partial charge in [-0.3, -0.25) is 4.79 Å². The van der Waals surface area contributed by atoms with Crippen LogP contribution in [0, 0.1) is 44.8 Å². The van der Waals surface area contributed by atoms with Crippen LogP contribution in [0.4, 0.5) is 0 Å². The number of hydrogen-bond donors (Lipinski definition) is 1. The molecule has 5 rings (SSSR count). The number of Topliss-reactive ketones (excluding diaryl/α,β-unsaturated/α-hetero) is 1. The highest BCUT2D eigenvalue weighted by Crippen LogP contribution is 2.77. The van der Waals surface area contributed by atoms with Gasteiger partial charge in [-0.25, -0.2) is 0 Å². The molecule has 5 aliphatic rings. The fourth-order valence-electron chi connectivity index (χ4n) is 10.3. The lowest BCUT2D eigenvalue weighted by molar-refractivity contribution is -0.237. The zero-order valence-electron chi connectivity index (χ0n) is 20.9. The smallest absolute Gasteiger partial charge is 0.197 e. The number of aldehydes is 1. The normalized spacial score (nSPS) is 53.1. The summed E-state index contributed by atoms with van der Waals surface area (Å²) in [6, 6.07) is 0. The molecule has 0 heterocycles. The molecular formula is C29H42O3. The zero-order valence-corrected chi connectivity index (χ0v) is 20.9. The first-order valence-corrected chi connectivity index (χ1v) is 12.9. The molecule has 0 spiro atoms.